The highest BCUT2D eigenvalue weighted by Crippen LogP contribution is 2.35. The van der Waals surface area contributed by atoms with E-state index in [1.165, 1.54) is 11.8 Å². The van der Waals surface area contributed by atoms with E-state index >= 15 is 0 Å². The van der Waals surface area contributed by atoms with E-state index in [2.05, 4.69) is 24.0 Å². The molecular formula is C23H23ClN4O3S. The number of benzene rings is 2. The van der Waals surface area contributed by atoms with Gasteiger partial charge in [-0.3, -0.25) is 13.8 Å². The summed E-state index contributed by atoms with van der Waals surface area (Å²) in [6.45, 7) is 5.60. The van der Waals surface area contributed by atoms with E-state index in [1.807, 2.05) is 40.8 Å². The van der Waals surface area contributed by atoms with Crippen LogP contribution in [0.1, 0.15) is 31.4 Å². The number of rotatable bonds is 6. The lowest BCUT2D eigenvalue weighted by molar-refractivity contribution is -0.0168. The van der Waals surface area contributed by atoms with Crippen LogP contribution < -0.4 is 10.3 Å². The van der Waals surface area contributed by atoms with E-state index in [4.69, 9.17) is 21.1 Å². The number of aryl methyl sites for hydroxylation is 1. The summed E-state index contributed by atoms with van der Waals surface area (Å²) in [5, 5.41) is 10.9. The maximum Gasteiger partial charge on any atom is 0.262 e. The van der Waals surface area contributed by atoms with Gasteiger partial charge in [0.25, 0.3) is 5.56 Å². The predicted octanol–water partition coefficient (Wildman–Crippen LogP) is 4.90. The number of halogens is 1. The molecule has 7 nitrogen and oxygen atoms in total. The molecule has 0 radical (unpaired) electrons. The van der Waals surface area contributed by atoms with E-state index in [-0.39, 0.29) is 12.4 Å². The molecule has 0 saturated heterocycles. The van der Waals surface area contributed by atoms with Crippen LogP contribution in [0.15, 0.2) is 46.3 Å². The second-order valence-electron chi connectivity index (χ2n) is 8.23. The minimum Gasteiger partial charge on any atom is -0.467 e. The standard InChI is InChI=1S/C23H23ClN4O3S/c1-14(2)7-8-27-21(29)18-5-3-4-6-19(18)28-22(27)25-26-23(28)32-12-16-10-17(24)9-15-11-30-13-31-20(15)16/h3-6,9-10,14H,7-8,11-13H2,1-2H3. The lowest BCUT2D eigenvalue weighted by atomic mass is 10.1. The van der Waals surface area contributed by atoms with Gasteiger partial charge in [-0.25, -0.2) is 0 Å². The van der Waals surface area contributed by atoms with Crippen LogP contribution in [0.2, 0.25) is 5.02 Å². The van der Waals surface area contributed by atoms with Gasteiger partial charge in [0.2, 0.25) is 5.78 Å². The van der Waals surface area contributed by atoms with Crippen LogP contribution in [0.3, 0.4) is 0 Å². The van der Waals surface area contributed by atoms with Gasteiger partial charge in [-0.1, -0.05) is 49.3 Å². The molecule has 5 rings (SSSR count). The van der Waals surface area contributed by atoms with E-state index in [1.54, 1.807) is 4.57 Å². The quantitative estimate of drug-likeness (QED) is 0.373. The van der Waals surface area contributed by atoms with Gasteiger partial charge in [-0.15, -0.1) is 10.2 Å². The van der Waals surface area contributed by atoms with E-state index in [0.717, 1.165) is 34.0 Å². The molecule has 1 aliphatic heterocycles. The van der Waals surface area contributed by atoms with Crippen LogP contribution >= 0.6 is 23.4 Å². The Bertz CT molecular complexity index is 1370. The Morgan fingerprint density at radius 1 is 1.22 bits per heavy atom. The van der Waals surface area contributed by atoms with Crippen LogP contribution in [-0.2, 0) is 23.6 Å². The van der Waals surface area contributed by atoms with Crippen molar-refractivity contribution in [2.45, 2.75) is 44.3 Å². The zero-order valence-corrected chi connectivity index (χ0v) is 19.4. The van der Waals surface area contributed by atoms with Crippen molar-refractivity contribution in [3.63, 3.8) is 0 Å². The predicted molar refractivity (Wildman–Crippen MR) is 126 cm³/mol. The highest BCUT2D eigenvalue weighted by Gasteiger charge is 2.20. The van der Waals surface area contributed by atoms with Crippen molar-refractivity contribution in [3.8, 4) is 5.75 Å². The minimum absolute atomic E-state index is 0.0324. The third-order valence-corrected chi connectivity index (χ3v) is 6.71. The van der Waals surface area contributed by atoms with Crippen molar-refractivity contribution in [2.75, 3.05) is 6.79 Å². The number of hydrogen-bond donors (Lipinski definition) is 0. The number of ether oxygens (including phenoxy) is 2. The first-order valence-electron chi connectivity index (χ1n) is 10.5. The average Bonchev–Trinajstić information content (AvgIpc) is 3.21. The molecule has 32 heavy (non-hydrogen) atoms. The molecule has 0 amide bonds. The van der Waals surface area contributed by atoms with Crippen LogP contribution in [-0.4, -0.2) is 26.0 Å². The molecule has 0 atom stereocenters. The summed E-state index contributed by atoms with van der Waals surface area (Å²) in [6.07, 6.45) is 0.886. The summed E-state index contributed by atoms with van der Waals surface area (Å²) >= 11 is 7.86. The molecule has 2 aromatic heterocycles. The molecule has 0 saturated carbocycles. The monoisotopic (exact) mass is 470 g/mol. The lowest BCUT2D eigenvalue weighted by Gasteiger charge is -2.21. The summed E-state index contributed by atoms with van der Waals surface area (Å²) in [5.74, 6) is 2.46. The van der Waals surface area contributed by atoms with Crippen LogP contribution in [0, 0.1) is 5.92 Å². The van der Waals surface area contributed by atoms with Gasteiger partial charge in [0.05, 0.1) is 17.5 Å². The van der Waals surface area contributed by atoms with Gasteiger partial charge in [0.1, 0.15) is 5.75 Å². The Kier molecular flexibility index (Phi) is 5.84. The molecule has 4 aromatic rings. The van der Waals surface area contributed by atoms with Crippen molar-refractivity contribution >= 4 is 40.0 Å². The second-order valence-corrected chi connectivity index (χ2v) is 9.61. The molecule has 0 bridgehead atoms. The van der Waals surface area contributed by atoms with Crippen molar-refractivity contribution in [3.05, 3.63) is 62.9 Å². The molecule has 0 aliphatic carbocycles. The van der Waals surface area contributed by atoms with Gasteiger partial charge in [-0.05, 0) is 36.6 Å². The van der Waals surface area contributed by atoms with Crippen LogP contribution in [0.4, 0.5) is 0 Å². The third kappa shape index (κ3) is 3.87. The molecule has 2 aromatic carbocycles. The van der Waals surface area contributed by atoms with Crippen molar-refractivity contribution in [1.29, 1.82) is 0 Å². The summed E-state index contributed by atoms with van der Waals surface area (Å²) < 4.78 is 14.8. The molecule has 1 aliphatic rings. The number of nitrogens with zero attached hydrogens (tertiary/aromatic N) is 4. The first-order valence-corrected chi connectivity index (χ1v) is 11.9. The highest BCUT2D eigenvalue weighted by atomic mass is 35.5. The molecule has 0 fully saturated rings. The Hall–Kier alpha value is -2.55. The van der Waals surface area contributed by atoms with E-state index < -0.39 is 0 Å². The number of fused-ring (bicyclic) bond motifs is 4. The third-order valence-electron chi connectivity index (χ3n) is 5.52. The fraction of sp³-hybridized carbons (Fsp3) is 0.348. The van der Waals surface area contributed by atoms with Crippen molar-refractivity contribution in [1.82, 2.24) is 19.2 Å². The Morgan fingerprint density at radius 3 is 2.91 bits per heavy atom. The molecule has 0 spiro atoms. The van der Waals surface area contributed by atoms with Crippen molar-refractivity contribution < 1.29 is 9.47 Å². The molecule has 0 N–H and O–H groups in total. The fourth-order valence-electron chi connectivity index (χ4n) is 3.92. The summed E-state index contributed by atoms with van der Waals surface area (Å²) in [7, 11) is 0. The summed E-state index contributed by atoms with van der Waals surface area (Å²) in [6, 6.07) is 11.4. The summed E-state index contributed by atoms with van der Waals surface area (Å²) in [5.41, 5.74) is 2.70. The Labute approximate surface area is 194 Å². The number of hydrogen-bond acceptors (Lipinski definition) is 6. The van der Waals surface area contributed by atoms with E-state index in [0.29, 0.717) is 41.0 Å². The Balaban J connectivity index is 1.58. The maximum absolute atomic E-state index is 13.2. The molecular weight excluding hydrogens is 448 g/mol. The Morgan fingerprint density at radius 2 is 2.06 bits per heavy atom. The molecule has 9 heteroatoms. The lowest BCUT2D eigenvalue weighted by Crippen LogP contribution is -2.24. The molecule has 3 heterocycles. The normalized spacial score (nSPS) is 13.6. The van der Waals surface area contributed by atoms with Gasteiger partial charge in [-0.2, -0.15) is 0 Å². The number of aromatic nitrogens is 4. The zero-order chi connectivity index (χ0) is 22.2. The van der Waals surface area contributed by atoms with Gasteiger partial charge in [0, 0.05) is 28.4 Å². The molecule has 0 unspecified atom stereocenters. The molecule has 166 valence electrons. The van der Waals surface area contributed by atoms with Gasteiger partial charge in [0.15, 0.2) is 11.9 Å². The smallest absolute Gasteiger partial charge is 0.262 e. The highest BCUT2D eigenvalue weighted by molar-refractivity contribution is 7.98. The van der Waals surface area contributed by atoms with Crippen LogP contribution in [0.25, 0.3) is 16.7 Å². The second kappa shape index (κ2) is 8.77. The first-order chi connectivity index (χ1) is 15.5. The summed E-state index contributed by atoms with van der Waals surface area (Å²) in [4.78, 5) is 13.2. The number of thioether (sulfide) groups is 1. The van der Waals surface area contributed by atoms with Gasteiger partial charge >= 0.3 is 0 Å². The average molecular weight is 471 g/mol. The SMILES string of the molecule is CC(C)CCn1c(=O)c2ccccc2n2c(SCc3cc(Cl)cc4c3OCOC4)nnc12. The largest absolute Gasteiger partial charge is 0.467 e. The topological polar surface area (TPSA) is 70.7 Å². The van der Waals surface area contributed by atoms with Gasteiger partial charge < -0.3 is 9.47 Å². The number of para-hydroxylation sites is 1. The zero-order valence-electron chi connectivity index (χ0n) is 17.9. The first kappa shape index (κ1) is 21.3. The van der Waals surface area contributed by atoms with E-state index in [9.17, 15) is 4.79 Å². The maximum atomic E-state index is 13.2. The van der Waals surface area contributed by atoms with Crippen LogP contribution in [0.5, 0.6) is 5.75 Å². The fourth-order valence-corrected chi connectivity index (χ4v) is 5.09. The minimum atomic E-state index is -0.0324. The van der Waals surface area contributed by atoms with Crippen molar-refractivity contribution in [2.24, 2.45) is 5.92 Å².